The molecule has 0 spiro atoms. The van der Waals surface area contributed by atoms with E-state index in [1.54, 1.807) is 12.1 Å². The molecular formula is C11H10O3S2. The molecule has 0 saturated heterocycles. The molecule has 0 aromatic carbocycles. The Morgan fingerprint density at radius 3 is 2.88 bits per heavy atom. The molecular weight excluding hydrogens is 244 g/mol. The number of carbonyl (C=O) groups excluding carboxylic acids is 2. The van der Waals surface area contributed by atoms with Crippen LogP contribution in [0.5, 0.6) is 0 Å². The predicted octanol–water partition coefficient (Wildman–Crippen LogP) is 2.17. The number of thiophene rings is 1. The number of hydrogen-bond acceptors (Lipinski definition) is 5. The summed E-state index contributed by atoms with van der Waals surface area (Å²) in [5.74, 6) is 5.86. The Balaban J connectivity index is 2.58. The van der Waals surface area contributed by atoms with Crippen molar-refractivity contribution in [2.24, 2.45) is 0 Å². The van der Waals surface area contributed by atoms with Crippen LogP contribution in [0.3, 0.4) is 0 Å². The second-order valence-corrected chi connectivity index (χ2v) is 4.97. The summed E-state index contributed by atoms with van der Waals surface area (Å²) in [4.78, 5) is 23.1. The SMILES string of the molecule is COC(=O)c1ccc(C#CCSC(C)=O)s1. The van der Waals surface area contributed by atoms with Crippen LogP contribution in [0.2, 0.25) is 0 Å². The summed E-state index contributed by atoms with van der Waals surface area (Å²) >= 11 is 2.45. The molecule has 0 aliphatic rings. The van der Waals surface area contributed by atoms with Gasteiger partial charge < -0.3 is 4.74 Å². The van der Waals surface area contributed by atoms with Gasteiger partial charge in [0, 0.05) is 6.92 Å². The molecule has 0 amide bonds. The molecule has 0 fully saturated rings. The molecule has 3 nitrogen and oxygen atoms in total. The summed E-state index contributed by atoms with van der Waals surface area (Å²) in [5.41, 5.74) is 0. The Morgan fingerprint density at radius 2 is 2.25 bits per heavy atom. The molecule has 1 aromatic heterocycles. The molecule has 0 unspecified atom stereocenters. The topological polar surface area (TPSA) is 43.4 Å². The second kappa shape index (κ2) is 6.36. The van der Waals surface area contributed by atoms with Crippen LogP contribution in [0.15, 0.2) is 12.1 Å². The normalized spacial score (nSPS) is 9.12. The molecule has 0 bridgehead atoms. The van der Waals surface area contributed by atoms with E-state index in [-0.39, 0.29) is 11.1 Å². The summed E-state index contributed by atoms with van der Waals surface area (Å²) in [5, 5.41) is 0.0516. The van der Waals surface area contributed by atoms with Crippen molar-refractivity contribution in [3.8, 4) is 11.8 Å². The Kier molecular flexibility index (Phi) is 5.09. The lowest BCUT2D eigenvalue weighted by molar-refractivity contribution is -0.109. The van der Waals surface area contributed by atoms with E-state index in [1.807, 2.05) is 0 Å². The van der Waals surface area contributed by atoms with Gasteiger partial charge in [0.25, 0.3) is 0 Å². The zero-order valence-electron chi connectivity index (χ0n) is 8.90. The molecule has 0 aliphatic carbocycles. The van der Waals surface area contributed by atoms with Crippen molar-refractivity contribution in [2.75, 3.05) is 12.9 Å². The Bertz CT molecular complexity index is 451. The molecule has 0 saturated carbocycles. The number of carbonyl (C=O) groups is 2. The van der Waals surface area contributed by atoms with Crippen LogP contribution in [0.1, 0.15) is 21.5 Å². The van der Waals surface area contributed by atoms with Gasteiger partial charge in [0.2, 0.25) is 0 Å². The van der Waals surface area contributed by atoms with E-state index in [0.29, 0.717) is 10.6 Å². The minimum absolute atomic E-state index is 0.0516. The Hall–Kier alpha value is -1.25. The number of rotatable bonds is 2. The van der Waals surface area contributed by atoms with Gasteiger partial charge in [-0.05, 0) is 12.1 Å². The van der Waals surface area contributed by atoms with Crippen LogP contribution in [0, 0.1) is 11.8 Å². The molecule has 1 aromatic rings. The van der Waals surface area contributed by atoms with E-state index in [2.05, 4.69) is 16.6 Å². The van der Waals surface area contributed by atoms with E-state index < -0.39 is 0 Å². The minimum Gasteiger partial charge on any atom is -0.465 e. The van der Waals surface area contributed by atoms with E-state index in [4.69, 9.17) is 0 Å². The van der Waals surface area contributed by atoms with Crippen molar-refractivity contribution >= 4 is 34.2 Å². The Morgan fingerprint density at radius 1 is 1.50 bits per heavy atom. The van der Waals surface area contributed by atoms with Crippen molar-refractivity contribution in [1.29, 1.82) is 0 Å². The van der Waals surface area contributed by atoms with Crippen molar-refractivity contribution in [1.82, 2.24) is 0 Å². The first-order valence-corrected chi connectivity index (χ1v) is 6.24. The maximum absolute atomic E-state index is 11.1. The Labute approximate surface area is 102 Å². The summed E-state index contributed by atoms with van der Waals surface area (Å²) in [6.45, 7) is 1.51. The fourth-order valence-corrected chi connectivity index (χ4v) is 2.02. The highest BCUT2D eigenvalue weighted by molar-refractivity contribution is 8.13. The van der Waals surface area contributed by atoms with E-state index in [0.717, 1.165) is 4.88 Å². The largest absolute Gasteiger partial charge is 0.465 e. The average molecular weight is 254 g/mol. The quantitative estimate of drug-likeness (QED) is 0.599. The van der Waals surface area contributed by atoms with E-state index >= 15 is 0 Å². The van der Waals surface area contributed by atoms with Gasteiger partial charge in [-0.2, -0.15) is 0 Å². The van der Waals surface area contributed by atoms with E-state index in [1.165, 1.54) is 37.1 Å². The standard InChI is InChI=1S/C11H10O3S2/c1-8(12)15-7-3-4-9-5-6-10(16-9)11(13)14-2/h5-6H,7H2,1-2H3. The van der Waals surface area contributed by atoms with Crippen molar-refractivity contribution in [3.63, 3.8) is 0 Å². The first-order chi connectivity index (χ1) is 7.63. The molecule has 0 atom stereocenters. The molecule has 84 valence electrons. The van der Waals surface area contributed by atoms with Crippen LogP contribution in [-0.2, 0) is 9.53 Å². The van der Waals surface area contributed by atoms with Crippen LogP contribution < -0.4 is 0 Å². The van der Waals surface area contributed by atoms with Gasteiger partial charge in [-0.15, -0.1) is 11.3 Å². The first-order valence-electron chi connectivity index (χ1n) is 4.44. The average Bonchev–Trinajstić information content (AvgIpc) is 2.71. The van der Waals surface area contributed by atoms with Gasteiger partial charge in [0.05, 0.1) is 17.7 Å². The highest BCUT2D eigenvalue weighted by Gasteiger charge is 2.07. The van der Waals surface area contributed by atoms with Gasteiger partial charge in [-0.25, -0.2) is 4.79 Å². The first kappa shape index (κ1) is 12.8. The lowest BCUT2D eigenvalue weighted by atomic mass is 10.4. The zero-order chi connectivity index (χ0) is 12.0. The van der Waals surface area contributed by atoms with Crippen molar-refractivity contribution in [2.45, 2.75) is 6.92 Å². The highest BCUT2D eigenvalue weighted by atomic mass is 32.2. The van der Waals surface area contributed by atoms with Gasteiger partial charge in [0.15, 0.2) is 5.12 Å². The second-order valence-electron chi connectivity index (χ2n) is 2.74. The minimum atomic E-state index is -0.351. The maximum Gasteiger partial charge on any atom is 0.348 e. The maximum atomic E-state index is 11.1. The number of esters is 1. The highest BCUT2D eigenvalue weighted by Crippen LogP contribution is 2.16. The van der Waals surface area contributed by atoms with Crippen molar-refractivity contribution < 1.29 is 14.3 Å². The van der Waals surface area contributed by atoms with Crippen LogP contribution in [0.25, 0.3) is 0 Å². The van der Waals surface area contributed by atoms with Crippen LogP contribution in [0.4, 0.5) is 0 Å². The smallest absolute Gasteiger partial charge is 0.348 e. The molecule has 16 heavy (non-hydrogen) atoms. The molecule has 1 heterocycles. The molecule has 0 aliphatic heterocycles. The third-order valence-electron chi connectivity index (χ3n) is 1.55. The third-order valence-corrected chi connectivity index (χ3v) is 3.23. The third kappa shape index (κ3) is 4.09. The summed E-state index contributed by atoms with van der Waals surface area (Å²) in [6, 6.07) is 3.45. The monoisotopic (exact) mass is 254 g/mol. The number of ether oxygens (including phenoxy) is 1. The molecule has 1 rings (SSSR count). The summed E-state index contributed by atoms with van der Waals surface area (Å²) in [7, 11) is 1.34. The van der Waals surface area contributed by atoms with Crippen LogP contribution in [-0.4, -0.2) is 23.9 Å². The van der Waals surface area contributed by atoms with Gasteiger partial charge in [-0.1, -0.05) is 23.6 Å². The zero-order valence-corrected chi connectivity index (χ0v) is 10.5. The summed E-state index contributed by atoms with van der Waals surface area (Å²) < 4.78 is 4.58. The number of methoxy groups -OCH3 is 1. The van der Waals surface area contributed by atoms with Gasteiger partial charge in [0.1, 0.15) is 4.88 Å². The fourth-order valence-electron chi connectivity index (χ4n) is 0.876. The molecule has 0 radical (unpaired) electrons. The van der Waals surface area contributed by atoms with E-state index in [9.17, 15) is 9.59 Å². The van der Waals surface area contributed by atoms with Crippen molar-refractivity contribution in [3.05, 3.63) is 21.9 Å². The van der Waals surface area contributed by atoms with Gasteiger partial charge >= 0.3 is 5.97 Å². The fraction of sp³-hybridized carbons (Fsp3) is 0.273. The molecule has 0 N–H and O–H groups in total. The number of hydrogen-bond donors (Lipinski definition) is 0. The number of thioether (sulfide) groups is 1. The lowest BCUT2D eigenvalue weighted by Gasteiger charge is -1.90. The van der Waals surface area contributed by atoms with Crippen LogP contribution >= 0.6 is 23.1 Å². The lowest BCUT2D eigenvalue weighted by Crippen LogP contribution is -1.96. The summed E-state index contributed by atoms with van der Waals surface area (Å²) in [6.07, 6.45) is 0. The molecule has 5 heteroatoms. The predicted molar refractivity (Wildman–Crippen MR) is 65.7 cm³/mol. The van der Waals surface area contributed by atoms with Gasteiger partial charge in [-0.3, -0.25) is 4.79 Å².